The number of carbonyl (C=O) groups is 1. The van der Waals surface area contributed by atoms with Crippen LogP contribution in [-0.2, 0) is 6.42 Å². The summed E-state index contributed by atoms with van der Waals surface area (Å²) in [5.74, 6) is -0.983. The lowest BCUT2D eigenvalue weighted by Gasteiger charge is -2.09. The molecule has 0 fully saturated rings. The normalized spacial score (nSPS) is 11.1. The smallest absolute Gasteiger partial charge is 0.336 e. The van der Waals surface area contributed by atoms with E-state index in [-0.39, 0.29) is 5.56 Å². The highest BCUT2D eigenvalue weighted by molar-refractivity contribution is 14.1. The summed E-state index contributed by atoms with van der Waals surface area (Å²) in [7, 11) is 1.78. The summed E-state index contributed by atoms with van der Waals surface area (Å²) >= 11 is 10.4. The molecule has 0 bridgehead atoms. The van der Waals surface area contributed by atoms with Gasteiger partial charge in [0.05, 0.1) is 22.5 Å². The maximum atomic E-state index is 11.3. The zero-order valence-electron chi connectivity index (χ0n) is 15.7. The molecule has 0 atom stereocenters. The first-order chi connectivity index (χ1) is 14.0. The second kappa shape index (κ2) is 10.2. The molecule has 0 spiro atoms. The van der Waals surface area contributed by atoms with E-state index in [0.717, 1.165) is 39.1 Å². The standard InChI is InChI=1S/C21H19ClIN3O2S/c1-26(24-12-15-6-2-3-9-16(15)20(27)28)21-25-18(13-29-21)17-10-4-7-14(19(17)22)8-5-11-23/h2-4,6-7,9-10,12-13H,5,8,11H2,1H3,(H,27,28)/b24-12+. The van der Waals surface area contributed by atoms with E-state index in [2.05, 4.69) is 38.7 Å². The Balaban J connectivity index is 1.81. The van der Waals surface area contributed by atoms with E-state index in [1.165, 1.54) is 17.6 Å². The molecule has 1 N–H and O–H groups in total. The van der Waals surface area contributed by atoms with Gasteiger partial charge in [0.1, 0.15) is 0 Å². The van der Waals surface area contributed by atoms with Crippen LogP contribution in [0, 0.1) is 0 Å². The molecule has 0 radical (unpaired) electrons. The van der Waals surface area contributed by atoms with Crippen LogP contribution in [0.25, 0.3) is 11.3 Å². The molecule has 3 aromatic rings. The van der Waals surface area contributed by atoms with Gasteiger partial charge in [-0.15, -0.1) is 11.3 Å². The minimum atomic E-state index is -0.983. The molecule has 0 saturated heterocycles. The summed E-state index contributed by atoms with van der Waals surface area (Å²) in [6.45, 7) is 0. The lowest BCUT2D eigenvalue weighted by atomic mass is 10.1. The number of thiazole rings is 1. The highest BCUT2D eigenvalue weighted by atomic mass is 127. The number of carboxylic acid groups (broad SMARTS) is 1. The molecule has 0 aliphatic carbocycles. The maximum absolute atomic E-state index is 11.3. The van der Waals surface area contributed by atoms with Gasteiger partial charge in [-0.05, 0) is 28.9 Å². The molecule has 1 heterocycles. The van der Waals surface area contributed by atoms with Crippen LogP contribution in [0.2, 0.25) is 5.02 Å². The van der Waals surface area contributed by atoms with Crippen molar-refractivity contribution in [1.82, 2.24) is 4.98 Å². The molecule has 5 nitrogen and oxygen atoms in total. The number of carboxylic acids is 1. The molecule has 3 rings (SSSR count). The number of aromatic carboxylic acids is 1. The van der Waals surface area contributed by atoms with Crippen molar-refractivity contribution in [3.8, 4) is 11.3 Å². The Morgan fingerprint density at radius 1 is 1.31 bits per heavy atom. The molecule has 0 saturated carbocycles. The van der Waals surface area contributed by atoms with Gasteiger partial charge < -0.3 is 5.11 Å². The third-order valence-corrected chi connectivity index (χ3v) is 6.38. The van der Waals surface area contributed by atoms with Crippen molar-refractivity contribution in [3.63, 3.8) is 0 Å². The summed E-state index contributed by atoms with van der Waals surface area (Å²) in [6, 6.07) is 12.8. The zero-order chi connectivity index (χ0) is 20.8. The molecule has 0 unspecified atom stereocenters. The fourth-order valence-electron chi connectivity index (χ4n) is 2.77. The van der Waals surface area contributed by atoms with Crippen LogP contribution in [0.4, 0.5) is 5.13 Å². The van der Waals surface area contributed by atoms with Crippen molar-refractivity contribution in [1.29, 1.82) is 0 Å². The second-order valence-corrected chi connectivity index (χ2v) is 8.54. The summed E-state index contributed by atoms with van der Waals surface area (Å²) in [6.07, 6.45) is 3.56. The SMILES string of the molecule is CN(/N=C/c1ccccc1C(=O)O)c1nc(-c2cccc(CCCI)c2Cl)cs1. The van der Waals surface area contributed by atoms with Gasteiger partial charge in [0.25, 0.3) is 0 Å². The van der Waals surface area contributed by atoms with Crippen molar-refractivity contribution in [3.05, 3.63) is 69.6 Å². The van der Waals surface area contributed by atoms with Crippen LogP contribution < -0.4 is 5.01 Å². The van der Waals surface area contributed by atoms with Gasteiger partial charge in [-0.3, -0.25) is 0 Å². The van der Waals surface area contributed by atoms with Gasteiger partial charge in [-0.25, -0.2) is 14.8 Å². The number of hydrazone groups is 1. The molecule has 0 aliphatic heterocycles. The molecular formula is C21H19ClIN3O2S. The van der Waals surface area contributed by atoms with E-state index in [1.807, 2.05) is 17.5 Å². The van der Waals surface area contributed by atoms with Crippen molar-refractivity contribution in [2.45, 2.75) is 12.8 Å². The van der Waals surface area contributed by atoms with Crippen LogP contribution in [-0.4, -0.2) is 33.7 Å². The monoisotopic (exact) mass is 539 g/mol. The van der Waals surface area contributed by atoms with Crippen LogP contribution in [0.1, 0.15) is 27.9 Å². The molecule has 150 valence electrons. The van der Waals surface area contributed by atoms with Gasteiger partial charge in [0, 0.05) is 23.6 Å². The summed E-state index contributed by atoms with van der Waals surface area (Å²) in [5.41, 5.74) is 3.59. The number of benzene rings is 2. The molecule has 0 amide bonds. The topological polar surface area (TPSA) is 65.8 Å². The molecule has 8 heteroatoms. The number of aromatic nitrogens is 1. The molecule has 1 aromatic heterocycles. The third kappa shape index (κ3) is 5.34. The Bertz CT molecular complexity index is 1040. The summed E-state index contributed by atoms with van der Waals surface area (Å²) < 4.78 is 1.09. The van der Waals surface area contributed by atoms with E-state index < -0.39 is 5.97 Å². The number of aryl methyl sites for hydroxylation is 1. The molecular weight excluding hydrogens is 521 g/mol. The lowest BCUT2D eigenvalue weighted by molar-refractivity contribution is 0.0696. The molecule has 0 aliphatic rings. The minimum Gasteiger partial charge on any atom is -0.478 e. The number of alkyl halides is 1. The van der Waals surface area contributed by atoms with Crippen LogP contribution >= 0.6 is 45.5 Å². The Kier molecular flexibility index (Phi) is 7.63. The van der Waals surface area contributed by atoms with E-state index >= 15 is 0 Å². The Hall–Kier alpha value is -1.97. The maximum Gasteiger partial charge on any atom is 0.336 e. The van der Waals surface area contributed by atoms with Gasteiger partial charge in [0.15, 0.2) is 0 Å². The van der Waals surface area contributed by atoms with Gasteiger partial charge in [-0.1, -0.05) is 70.6 Å². The van der Waals surface area contributed by atoms with Crippen LogP contribution in [0.5, 0.6) is 0 Å². The summed E-state index contributed by atoms with van der Waals surface area (Å²) in [4.78, 5) is 16.0. The molecule has 2 aromatic carbocycles. The number of hydrogen-bond donors (Lipinski definition) is 1. The fraction of sp³-hybridized carbons (Fsp3) is 0.190. The first-order valence-corrected chi connectivity index (χ1v) is 11.7. The quantitative estimate of drug-likeness (QED) is 0.165. The van der Waals surface area contributed by atoms with Gasteiger partial charge in [0.2, 0.25) is 5.13 Å². The fourth-order valence-corrected chi connectivity index (χ4v) is 4.21. The van der Waals surface area contributed by atoms with Gasteiger partial charge >= 0.3 is 5.97 Å². The van der Waals surface area contributed by atoms with Crippen LogP contribution in [0.3, 0.4) is 0 Å². The highest BCUT2D eigenvalue weighted by Gasteiger charge is 2.13. The summed E-state index contributed by atoms with van der Waals surface area (Å²) in [5, 5.41) is 18.7. The third-order valence-electron chi connectivity index (χ3n) is 4.26. The largest absolute Gasteiger partial charge is 0.478 e. The minimum absolute atomic E-state index is 0.208. The zero-order valence-corrected chi connectivity index (χ0v) is 19.4. The molecule has 29 heavy (non-hydrogen) atoms. The number of rotatable bonds is 8. The van der Waals surface area contributed by atoms with E-state index in [9.17, 15) is 9.90 Å². The van der Waals surface area contributed by atoms with E-state index in [0.29, 0.717) is 10.7 Å². The first kappa shape index (κ1) is 21.7. The van der Waals surface area contributed by atoms with Crippen molar-refractivity contribution >= 4 is 62.8 Å². The number of halogens is 2. The second-order valence-electron chi connectivity index (χ2n) is 6.25. The average molecular weight is 540 g/mol. The van der Waals surface area contributed by atoms with Crippen LogP contribution in [0.15, 0.2) is 52.9 Å². The highest BCUT2D eigenvalue weighted by Crippen LogP contribution is 2.34. The Morgan fingerprint density at radius 2 is 2.10 bits per heavy atom. The van der Waals surface area contributed by atoms with Crippen molar-refractivity contribution < 1.29 is 9.90 Å². The van der Waals surface area contributed by atoms with Gasteiger partial charge in [-0.2, -0.15) is 5.10 Å². The first-order valence-electron chi connectivity index (χ1n) is 8.90. The van der Waals surface area contributed by atoms with Crippen molar-refractivity contribution in [2.24, 2.45) is 5.10 Å². The Morgan fingerprint density at radius 3 is 2.86 bits per heavy atom. The number of anilines is 1. The van der Waals surface area contributed by atoms with Crippen molar-refractivity contribution in [2.75, 3.05) is 16.5 Å². The van der Waals surface area contributed by atoms with E-state index in [1.54, 1.807) is 36.3 Å². The predicted octanol–water partition coefficient (Wildman–Crippen LogP) is 6.00. The average Bonchev–Trinajstić information content (AvgIpc) is 3.21. The van der Waals surface area contributed by atoms with E-state index in [4.69, 9.17) is 11.6 Å². The lowest BCUT2D eigenvalue weighted by Crippen LogP contribution is -2.10. The number of nitrogens with zero attached hydrogens (tertiary/aromatic N) is 3. The predicted molar refractivity (Wildman–Crippen MR) is 129 cm³/mol. The number of hydrogen-bond acceptors (Lipinski definition) is 5. The Labute approximate surface area is 192 Å².